The second kappa shape index (κ2) is 7.28. The van der Waals surface area contributed by atoms with E-state index >= 15 is 0 Å². The van der Waals surface area contributed by atoms with E-state index in [1.165, 1.54) is 24.3 Å². The highest BCUT2D eigenvalue weighted by atomic mass is 32.2. The summed E-state index contributed by atoms with van der Waals surface area (Å²) in [6.07, 6.45) is -10.6. The molecule has 0 aromatic heterocycles. The number of benzene rings is 3. The Kier molecular flexibility index (Phi) is 5.02. The first-order valence-electron chi connectivity index (χ1n) is 8.85. The minimum absolute atomic E-state index is 0.0852. The van der Waals surface area contributed by atoms with Crippen molar-refractivity contribution in [2.75, 3.05) is 0 Å². The van der Waals surface area contributed by atoms with E-state index in [0.29, 0.717) is 5.39 Å². The maximum atomic E-state index is 13.1. The molecule has 0 spiro atoms. The van der Waals surface area contributed by atoms with Gasteiger partial charge in [-0.2, -0.15) is 34.8 Å². The molecule has 0 saturated carbocycles. The van der Waals surface area contributed by atoms with Gasteiger partial charge in [-0.05, 0) is 35.7 Å². The van der Waals surface area contributed by atoms with Crippen molar-refractivity contribution >= 4 is 32.7 Å². The predicted molar refractivity (Wildman–Crippen MR) is 99.2 cm³/mol. The molecule has 1 heterocycles. The first-order valence-corrected chi connectivity index (χ1v) is 10.3. The summed E-state index contributed by atoms with van der Waals surface area (Å²) in [5.74, 6) is -2.51. The summed E-state index contributed by atoms with van der Waals surface area (Å²) in [4.78, 5) is 23.9. The number of rotatable bonds is 3. The number of alkyl halides is 6. The molecule has 13 heteroatoms. The molecule has 3 aromatic carbocycles. The Morgan fingerprint density at radius 3 is 1.61 bits per heavy atom. The van der Waals surface area contributed by atoms with Gasteiger partial charge in [0, 0.05) is 5.39 Å². The Hall–Kier alpha value is -3.45. The van der Waals surface area contributed by atoms with Crippen molar-refractivity contribution in [1.29, 1.82) is 0 Å². The molecule has 0 radical (unpaired) electrons. The molecule has 6 nitrogen and oxygen atoms in total. The van der Waals surface area contributed by atoms with Crippen LogP contribution in [0.3, 0.4) is 0 Å². The zero-order valence-corrected chi connectivity index (χ0v) is 16.7. The molecule has 1 aliphatic rings. The lowest BCUT2D eigenvalue weighted by Crippen LogP contribution is -2.41. The SMILES string of the molecule is O=C1c2cccc3cccc(c23)C(=O)N1OS(=O)(=O)c1cc(C(F)(F)F)cc(C(F)(F)F)c1. The molecule has 0 N–H and O–H groups in total. The van der Waals surface area contributed by atoms with E-state index in [2.05, 4.69) is 4.28 Å². The number of hydrogen-bond acceptors (Lipinski definition) is 5. The lowest BCUT2D eigenvalue weighted by molar-refractivity contribution is -0.143. The number of amides is 2. The highest BCUT2D eigenvalue weighted by molar-refractivity contribution is 7.86. The Morgan fingerprint density at radius 1 is 0.727 bits per heavy atom. The lowest BCUT2D eigenvalue weighted by atomic mass is 9.95. The molecule has 33 heavy (non-hydrogen) atoms. The van der Waals surface area contributed by atoms with E-state index < -0.39 is 50.3 Å². The molecule has 172 valence electrons. The normalized spacial score (nSPS) is 14.8. The number of hydroxylamine groups is 2. The Balaban J connectivity index is 1.80. The van der Waals surface area contributed by atoms with Crippen LogP contribution in [0.25, 0.3) is 10.8 Å². The summed E-state index contributed by atoms with van der Waals surface area (Å²) < 4.78 is 108. The maximum Gasteiger partial charge on any atom is 0.416 e. The maximum absolute atomic E-state index is 13.1. The zero-order valence-electron chi connectivity index (χ0n) is 15.9. The van der Waals surface area contributed by atoms with Gasteiger partial charge in [0.1, 0.15) is 0 Å². The standard InChI is InChI=1S/C20H9F6NO5S/c21-19(22,23)11-7-12(20(24,25)26)9-13(8-11)33(30,31)32-27-17(28)14-5-1-3-10-4-2-6-15(16(10)14)18(27)29/h1-9H. The highest BCUT2D eigenvalue weighted by Gasteiger charge is 2.41. The lowest BCUT2D eigenvalue weighted by Gasteiger charge is -2.25. The summed E-state index contributed by atoms with van der Waals surface area (Å²) >= 11 is 0. The summed E-state index contributed by atoms with van der Waals surface area (Å²) in [6.45, 7) is 0. The van der Waals surface area contributed by atoms with E-state index in [9.17, 15) is 44.3 Å². The van der Waals surface area contributed by atoms with E-state index in [1.54, 1.807) is 12.1 Å². The fourth-order valence-corrected chi connectivity index (χ4v) is 4.25. The van der Waals surface area contributed by atoms with E-state index in [4.69, 9.17) is 0 Å². The van der Waals surface area contributed by atoms with E-state index in [0.717, 1.165) is 0 Å². The average Bonchev–Trinajstić information content (AvgIpc) is 2.73. The first kappa shape index (κ1) is 22.7. The van der Waals surface area contributed by atoms with Gasteiger partial charge in [-0.3, -0.25) is 9.59 Å². The first-order chi connectivity index (χ1) is 15.2. The fourth-order valence-electron chi connectivity index (χ4n) is 3.29. The molecule has 2 amide bonds. The average molecular weight is 489 g/mol. The Labute approximate surface area is 181 Å². The van der Waals surface area contributed by atoms with Gasteiger partial charge in [0.05, 0.1) is 27.1 Å². The van der Waals surface area contributed by atoms with Gasteiger partial charge in [0.2, 0.25) is 0 Å². The van der Waals surface area contributed by atoms with Crippen molar-refractivity contribution in [1.82, 2.24) is 5.06 Å². The van der Waals surface area contributed by atoms with Crippen LogP contribution in [0.4, 0.5) is 26.3 Å². The summed E-state index contributed by atoms with van der Waals surface area (Å²) in [5, 5.41) is 0.465. The third kappa shape index (κ3) is 3.93. The van der Waals surface area contributed by atoms with Crippen molar-refractivity contribution in [3.63, 3.8) is 0 Å². The highest BCUT2D eigenvalue weighted by Crippen LogP contribution is 2.38. The van der Waals surface area contributed by atoms with Gasteiger partial charge < -0.3 is 0 Å². The van der Waals surface area contributed by atoms with Gasteiger partial charge in [-0.25, -0.2) is 0 Å². The van der Waals surface area contributed by atoms with Crippen molar-refractivity contribution in [3.8, 4) is 0 Å². The number of carbonyl (C=O) groups is 2. The molecular formula is C20H9F6NO5S. The monoisotopic (exact) mass is 489 g/mol. The smallest absolute Gasteiger partial charge is 0.266 e. The molecule has 0 bridgehead atoms. The van der Waals surface area contributed by atoms with Gasteiger partial charge in [-0.15, -0.1) is 9.35 Å². The number of halogens is 6. The summed E-state index contributed by atoms with van der Waals surface area (Å²) in [7, 11) is -5.48. The van der Waals surface area contributed by atoms with E-state index in [-0.39, 0.29) is 39.8 Å². The number of carbonyl (C=O) groups excluding carboxylic acids is 2. The molecule has 1 aliphatic heterocycles. The van der Waals surface area contributed by atoms with Crippen molar-refractivity contribution in [2.45, 2.75) is 17.2 Å². The van der Waals surface area contributed by atoms with Gasteiger partial charge in [0.25, 0.3) is 11.8 Å². The molecule has 0 atom stereocenters. The summed E-state index contributed by atoms with van der Waals surface area (Å²) in [6, 6.07) is 8.11. The van der Waals surface area contributed by atoms with Crippen LogP contribution in [0.15, 0.2) is 59.5 Å². The number of imide groups is 1. The topological polar surface area (TPSA) is 80.8 Å². The molecule has 3 aromatic rings. The number of hydrogen-bond donors (Lipinski definition) is 0. The predicted octanol–water partition coefficient (Wildman–Crippen LogP) is 4.79. The second-order valence-electron chi connectivity index (χ2n) is 6.88. The largest absolute Gasteiger partial charge is 0.416 e. The minimum Gasteiger partial charge on any atom is -0.266 e. The van der Waals surface area contributed by atoms with Gasteiger partial charge in [-0.1, -0.05) is 24.3 Å². The van der Waals surface area contributed by atoms with Gasteiger partial charge in [0.15, 0.2) is 0 Å². The van der Waals surface area contributed by atoms with Crippen LogP contribution in [-0.2, 0) is 26.8 Å². The van der Waals surface area contributed by atoms with Crippen LogP contribution in [0.1, 0.15) is 31.8 Å². The van der Waals surface area contributed by atoms with Crippen molar-refractivity contribution in [3.05, 3.63) is 76.9 Å². The van der Waals surface area contributed by atoms with Crippen LogP contribution in [0.2, 0.25) is 0 Å². The molecule has 0 unspecified atom stereocenters. The van der Waals surface area contributed by atoms with E-state index in [1.807, 2.05) is 0 Å². The van der Waals surface area contributed by atoms with Crippen LogP contribution < -0.4 is 0 Å². The zero-order chi connectivity index (χ0) is 24.3. The second-order valence-corrected chi connectivity index (χ2v) is 8.41. The third-order valence-corrected chi connectivity index (χ3v) is 5.92. The van der Waals surface area contributed by atoms with Crippen molar-refractivity contribution in [2.24, 2.45) is 0 Å². The van der Waals surface area contributed by atoms with Crippen LogP contribution in [0, 0.1) is 0 Å². The molecule has 4 rings (SSSR count). The van der Waals surface area contributed by atoms with Crippen LogP contribution in [0.5, 0.6) is 0 Å². The molecule has 0 saturated heterocycles. The Morgan fingerprint density at radius 2 is 1.18 bits per heavy atom. The quantitative estimate of drug-likeness (QED) is 0.390. The number of nitrogens with zero attached hydrogens (tertiary/aromatic N) is 1. The Bertz CT molecular complexity index is 1350. The molecular weight excluding hydrogens is 480 g/mol. The third-order valence-electron chi connectivity index (χ3n) is 4.76. The van der Waals surface area contributed by atoms with Crippen LogP contribution >= 0.6 is 0 Å². The summed E-state index contributed by atoms with van der Waals surface area (Å²) in [5.41, 5.74) is -4.10. The minimum atomic E-state index is -5.48. The van der Waals surface area contributed by atoms with Gasteiger partial charge >= 0.3 is 22.5 Å². The van der Waals surface area contributed by atoms with Crippen LogP contribution in [-0.4, -0.2) is 25.3 Å². The fraction of sp³-hybridized carbons (Fsp3) is 0.100. The van der Waals surface area contributed by atoms with Crippen molar-refractivity contribution < 1.29 is 48.6 Å². The molecule has 0 fully saturated rings. The molecule has 0 aliphatic carbocycles.